The molecular weight excluding hydrogens is 260 g/mol. The fourth-order valence-corrected chi connectivity index (χ4v) is 5.79. The topological polar surface area (TPSA) is 37.3 Å². The molecule has 3 rings (SSSR count). The van der Waals surface area contributed by atoms with E-state index in [1.165, 1.54) is 5.57 Å². The summed E-state index contributed by atoms with van der Waals surface area (Å²) in [6.07, 6.45) is 7.07. The minimum atomic E-state index is -0.563. The van der Waals surface area contributed by atoms with Crippen molar-refractivity contribution in [2.24, 2.45) is 35.5 Å². The molecule has 3 aliphatic rings. The van der Waals surface area contributed by atoms with E-state index >= 15 is 0 Å². The second-order valence-corrected chi connectivity index (χ2v) is 8.40. The van der Waals surface area contributed by atoms with Crippen molar-refractivity contribution in [2.45, 2.75) is 65.4 Å². The van der Waals surface area contributed by atoms with E-state index in [1.807, 2.05) is 6.92 Å². The zero-order chi connectivity index (χ0) is 15.4. The van der Waals surface area contributed by atoms with E-state index in [4.69, 9.17) is 0 Å². The van der Waals surface area contributed by atoms with E-state index in [2.05, 4.69) is 26.8 Å². The van der Waals surface area contributed by atoms with Crippen LogP contribution in [-0.2, 0) is 4.79 Å². The summed E-state index contributed by atoms with van der Waals surface area (Å²) in [5.41, 5.74) is 0.760. The van der Waals surface area contributed by atoms with Crippen LogP contribution < -0.4 is 0 Å². The molecule has 0 amide bonds. The van der Waals surface area contributed by atoms with E-state index in [0.29, 0.717) is 41.8 Å². The minimum absolute atomic E-state index is 0.173. The van der Waals surface area contributed by atoms with E-state index in [0.717, 1.165) is 25.7 Å². The molecule has 0 spiro atoms. The standard InChI is InChI=1S/C19H30O2/c1-11(2)9-13-10-12(3)14-7-8-19(4,21)15-5-6-16(20)17(13)18(14)15/h9,12-15,17-18,21H,5-8,10H2,1-4H3/t12-,13-,14+,15-,17+,18+,19+/m0/s1. The molecule has 0 aromatic carbocycles. The zero-order valence-electron chi connectivity index (χ0n) is 13.9. The van der Waals surface area contributed by atoms with Crippen LogP contribution in [0.5, 0.6) is 0 Å². The number of aliphatic hydroxyl groups is 1. The number of ketones is 1. The van der Waals surface area contributed by atoms with Gasteiger partial charge in [-0.05, 0) is 76.0 Å². The molecule has 1 N–H and O–H groups in total. The van der Waals surface area contributed by atoms with Crippen LogP contribution in [0, 0.1) is 35.5 Å². The smallest absolute Gasteiger partial charge is 0.136 e. The lowest BCUT2D eigenvalue weighted by atomic mass is 9.48. The van der Waals surface area contributed by atoms with Crippen molar-refractivity contribution in [3.63, 3.8) is 0 Å². The molecule has 118 valence electrons. The molecule has 2 heteroatoms. The van der Waals surface area contributed by atoms with Crippen molar-refractivity contribution in [2.75, 3.05) is 0 Å². The quantitative estimate of drug-likeness (QED) is 0.742. The van der Waals surface area contributed by atoms with Gasteiger partial charge in [-0.15, -0.1) is 0 Å². The van der Waals surface area contributed by atoms with Gasteiger partial charge in [0.1, 0.15) is 5.78 Å². The van der Waals surface area contributed by atoms with Gasteiger partial charge in [0.05, 0.1) is 5.60 Å². The fourth-order valence-electron chi connectivity index (χ4n) is 5.79. The number of rotatable bonds is 1. The highest BCUT2D eigenvalue weighted by Crippen LogP contribution is 2.58. The normalized spacial score (nSPS) is 49.5. The van der Waals surface area contributed by atoms with Gasteiger partial charge in [-0.25, -0.2) is 0 Å². The first-order chi connectivity index (χ1) is 9.81. The van der Waals surface area contributed by atoms with Crippen molar-refractivity contribution in [1.29, 1.82) is 0 Å². The zero-order valence-corrected chi connectivity index (χ0v) is 13.9. The maximum atomic E-state index is 12.7. The van der Waals surface area contributed by atoms with Crippen LogP contribution in [0.1, 0.15) is 59.8 Å². The molecule has 3 saturated carbocycles. The lowest BCUT2D eigenvalue weighted by molar-refractivity contribution is -0.162. The Morgan fingerprint density at radius 3 is 2.71 bits per heavy atom. The van der Waals surface area contributed by atoms with Gasteiger partial charge in [-0.3, -0.25) is 4.79 Å². The summed E-state index contributed by atoms with van der Waals surface area (Å²) in [6.45, 7) is 8.65. The Bertz CT molecular complexity index is 458. The van der Waals surface area contributed by atoms with E-state index < -0.39 is 5.60 Å². The number of allylic oxidation sites excluding steroid dienone is 2. The van der Waals surface area contributed by atoms with Crippen molar-refractivity contribution in [3.8, 4) is 0 Å². The fraction of sp³-hybridized carbons (Fsp3) is 0.842. The largest absolute Gasteiger partial charge is 0.390 e. The molecular formula is C19H30O2. The van der Waals surface area contributed by atoms with Gasteiger partial charge in [0, 0.05) is 12.3 Å². The maximum absolute atomic E-state index is 12.7. The van der Waals surface area contributed by atoms with Crippen LogP contribution in [0.2, 0.25) is 0 Å². The summed E-state index contributed by atoms with van der Waals surface area (Å²) >= 11 is 0. The van der Waals surface area contributed by atoms with Gasteiger partial charge in [-0.2, -0.15) is 0 Å². The summed E-state index contributed by atoms with van der Waals surface area (Å²) in [5.74, 6) is 3.10. The summed E-state index contributed by atoms with van der Waals surface area (Å²) in [6, 6.07) is 0. The van der Waals surface area contributed by atoms with Gasteiger partial charge in [0.25, 0.3) is 0 Å². The van der Waals surface area contributed by atoms with Gasteiger partial charge >= 0.3 is 0 Å². The van der Waals surface area contributed by atoms with Crippen molar-refractivity contribution in [1.82, 2.24) is 0 Å². The van der Waals surface area contributed by atoms with Crippen molar-refractivity contribution >= 4 is 5.78 Å². The Kier molecular flexibility index (Phi) is 3.80. The van der Waals surface area contributed by atoms with E-state index in [1.54, 1.807) is 0 Å². The number of Topliss-reactive ketones (excluding diaryl/α,β-unsaturated/α-hetero) is 1. The molecule has 0 heterocycles. The maximum Gasteiger partial charge on any atom is 0.136 e. The van der Waals surface area contributed by atoms with Crippen LogP contribution in [0.15, 0.2) is 11.6 Å². The lowest BCUT2D eigenvalue weighted by Crippen LogP contribution is -2.57. The molecule has 21 heavy (non-hydrogen) atoms. The monoisotopic (exact) mass is 290 g/mol. The van der Waals surface area contributed by atoms with Gasteiger partial charge in [0.15, 0.2) is 0 Å². The molecule has 0 aliphatic heterocycles. The van der Waals surface area contributed by atoms with Crippen molar-refractivity contribution in [3.05, 3.63) is 11.6 Å². The first kappa shape index (κ1) is 15.3. The molecule has 0 unspecified atom stereocenters. The molecule has 3 fully saturated rings. The van der Waals surface area contributed by atoms with Crippen LogP contribution in [0.25, 0.3) is 0 Å². The number of carbonyl (C=O) groups is 1. The molecule has 3 aliphatic carbocycles. The SMILES string of the molecule is CC(C)=C[C@H]1C[C@H](C)[C@H]2CC[C@@](C)(O)[C@H]3CCC(=O)[C@@H]1[C@H]23. The third-order valence-electron chi connectivity index (χ3n) is 6.61. The number of carbonyl (C=O) groups excluding carboxylic acids is 1. The molecule has 0 radical (unpaired) electrons. The summed E-state index contributed by atoms with van der Waals surface area (Å²) in [7, 11) is 0. The second kappa shape index (κ2) is 5.22. The Hall–Kier alpha value is -0.630. The van der Waals surface area contributed by atoms with Gasteiger partial charge < -0.3 is 5.11 Å². The predicted molar refractivity (Wildman–Crippen MR) is 84.8 cm³/mol. The summed E-state index contributed by atoms with van der Waals surface area (Å²) < 4.78 is 0. The average molecular weight is 290 g/mol. The number of hydrogen-bond donors (Lipinski definition) is 1. The Labute approximate surface area is 129 Å². The van der Waals surface area contributed by atoms with E-state index in [-0.39, 0.29) is 5.92 Å². The summed E-state index contributed by atoms with van der Waals surface area (Å²) in [5, 5.41) is 10.8. The van der Waals surface area contributed by atoms with Crippen LogP contribution in [-0.4, -0.2) is 16.5 Å². The van der Waals surface area contributed by atoms with Crippen LogP contribution in [0.4, 0.5) is 0 Å². The molecule has 0 aromatic rings. The van der Waals surface area contributed by atoms with Crippen LogP contribution in [0.3, 0.4) is 0 Å². The first-order valence-corrected chi connectivity index (χ1v) is 8.71. The molecule has 7 atom stereocenters. The van der Waals surface area contributed by atoms with Gasteiger partial charge in [0.2, 0.25) is 0 Å². The molecule has 0 aromatic heterocycles. The third kappa shape index (κ3) is 2.50. The Balaban J connectivity index is 2.00. The Morgan fingerprint density at radius 1 is 1.33 bits per heavy atom. The predicted octanol–water partition coefficient (Wildman–Crippen LogP) is 3.98. The van der Waals surface area contributed by atoms with E-state index in [9.17, 15) is 9.90 Å². The van der Waals surface area contributed by atoms with Crippen LogP contribution >= 0.6 is 0 Å². The Morgan fingerprint density at radius 2 is 2.05 bits per heavy atom. The molecule has 0 saturated heterocycles. The minimum Gasteiger partial charge on any atom is -0.390 e. The van der Waals surface area contributed by atoms with Crippen molar-refractivity contribution < 1.29 is 9.90 Å². The molecule has 2 nitrogen and oxygen atoms in total. The lowest BCUT2D eigenvalue weighted by Gasteiger charge is -2.57. The molecule has 0 bridgehead atoms. The number of hydrogen-bond acceptors (Lipinski definition) is 2. The first-order valence-electron chi connectivity index (χ1n) is 8.71. The highest BCUT2D eigenvalue weighted by Gasteiger charge is 2.56. The second-order valence-electron chi connectivity index (χ2n) is 8.40. The summed E-state index contributed by atoms with van der Waals surface area (Å²) in [4.78, 5) is 12.7. The van der Waals surface area contributed by atoms with Gasteiger partial charge in [-0.1, -0.05) is 18.6 Å². The highest BCUT2D eigenvalue weighted by atomic mass is 16.3. The average Bonchev–Trinajstić information content (AvgIpc) is 2.36. The highest BCUT2D eigenvalue weighted by molar-refractivity contribution is 5.83. The third-order valence-corrected chi connectivity index (χ3v) is 6.61.